The van der Waals surface area contributed by atoms with Crippen LogP contribution in [0.1, 0.15) is 32.6 Å². The Morgan fingerprint density at radius 2 is 2.56 bits per heavy atom. The molecule has 0 radical (unpaired) electrons. The average molecular weight is 125 g/mol. The Morgan fingerprint density at radius 3 is 3.11 bits per heavy atom. The Bertz CT molecular complexity index is 97.1. The predicted octanol–water partition coefficient (Wildman–Crippen LogP) is 2.05. The zero-order valence-electron chi connectivity index (χ0n) is 6.11. The van der Waals surface area contributed by atoms with Gasteiger partial charge in [0.05, 0.1) is 0 Å². The molecule has 0 atom stereocenters. The van der Waals surface area contributed by atoms with Gasteiger partial charge in [-0.05, 0) is 19.3 Å². The lowest BCUT2D eigenvalue weighted by Crippen LogP contribution is -2.02. The van der Waals surface area contributed by atoms with Gasteiger partial charge in [-0.1, -0.05) is 19.4 Å². The van der Waals surface area contributed by atoms with Crippen molar-refractivity contribution in [2.75, 3.05) is 6.54 Å². The van der Waals surface area contributed by atoms with E-state index in [-0.39, 0.29) is 0 Å². The van der Waals surface area contributed by atoms with Crippen molar-refractivity contribution in [2.45, 2.75) is 32.6 Å². The van der Waals surface area contributed by atoms with Crippen LogP contribution in [0.2, 0.25) is 0 Å². The summed E-state index contributed by atoms with van der Waals surface area (Å²) in [6, 6.07) is 0. The molecule has 1 aliphatic heterocycles. The molecule has 1 saturated heterocycles. The fourth-order valence-electron chi connectivity index (χ4n) is 1.11. The summed E-state index contributed by atoms with van der Waals surface area (Å²) in [6.07, 6.45) is 7.44. The van der Waals surface area contributed by atoms with Gasteiger partial charge in [0.25, 0.3) is 0 Å². The molecular formula is C8H15N. The minimum Gasteiger partial charge on any atom is -0.389 e. The maximum absolute atomic E-state index is 3.35. The van der Waals surface area contributed by atoms with Gasteiger partial charge in [-0.3, -0.25) is 0 Å². The van der Waals surface area contributed by atoms with Crippen LogP contribution >= 0.6 is 0 Å². The lowest BCUT2D eigenvalue weighted by Gasteiger charge is -1.95. The molecule has 0 amide bonds. The summed E-state index contributed by atoms with van der Waals surface area (Å²) in [5, 5.41) is 3.35. The summed E-state index contributed by atoms with van der Waals surface area (Å²) in [4.78, 5) is 0. The van der Waals surface area contributed by atoms with E-state index in [2.05, 4.69) is 18.3 Å². The first-order chi connectivity index (χ1) is 4.43. The molecule has 0 aromatic rings. The van der Waals surface area contributed by atoms with Gasteiger partial charge in [0, 0.05) is 12.2 Å². The first kappa shape index (κ1) is 6.66. The summed E-state index contributed by atoms with van der Waals surface area (Å²) in [5.41, 5.74) is 1.47. The van der Waals surface area contributed by atoms with Crippen molar-refractivity contribution in [3.63, 3.8) is 0 Å². The Balaban J connectivity index is 2.22. The van der Waals surface area contributed by atoms with Gasteiger partial charge in [0.2, 0.25) is 0 Å². The van der Waals surface area contributed by atoms with Crippen LogP contribution in [-0.4, -0.2) is 6.54 Å². The third-order valence-electron chi connectivity index (χ3n) is 1.65. The molecule has 0 bridgehead atoms. The number of rotatable bonds is 2. The van der Waals surface area contributed by atoms with Crippen LogP contribution in [0, 0.1) is 0 Å². The molecule has 0 unspecified atom stereocenters. The molecule has 1 heteroatoms. The molecule has 52 valence electrons. The van der Waals surface area contributed by atoms with Crippen LogP contribution in [0.15, 0.2) is 11.8 Å². The average Bonchev–Trinajstić information content (AvgIpc) is 2.34. The summed E-state index contributed by atoms with van der Waals surface area (Å²) in [6.45, 7) is 3.40. The zero-order valence-corrected chi connectivity index (χ0v) is 6.11. The molecule has 1 N–H and O–H groups in total. The van der Waals surface area contributed by atoms with E-state index in [4.69, 9.17) is 0 Å². The van der Waals surface area contributed by atoms with Crippen molar-refractivity contribution in [2.24, 2.45) is 0 Å². The van der Waals surface area contributed by atoms with E-state index >= 15 is 0 Å². The molecule has 0 saturated carbocycles. The number of hydrogen-bond donors (Lipinski definition) is 1. The Kier molecular flexibility index (Phi) is 2.62. The summed E-state index contributed by atoms with van der Waals surface area (Å²) in [7, 11) is 0. The molecule has 0 spiro atoms. The first-order valence-electron chi connectivity index (χ1n) is 3.86. The maximum Gasteiger partial charge on any atom is 0.0147 e. The van der Waals surface area contributed by atoms with Crippen LogP contribution in [0.5, 0.6) is 0 Å². The van der Waals surface area contributed by atoms with Crippen molar-refractivity contribution in [1.82, 2.24) is 5.32 Å². The zero-order chi connectivity index (χ0) is 6.53. The lowest BCUT2D eigenvalue weighted by molar-refractivity contribution is 0.891. The molecular weight excluding hydrogens is 110 g/mol. The monoisotopic (exact) mass is 125 g/mol. The quantitative estimate of drug-likeness (QED) is 0.595. The second-order valence-electron chi connectivity index (χ2n) is 2.55. The van der Waals surface area contributed by atoms with E-state index in [9.17, 15) is 0 Å². The summed E-state index contributed by atoms with van der Waals surface area (Å²) in [5.74, 6) is 0. The molecule has 1 nitrogen and oxygen atoms in total. The highest BCUT2D eigenvalue weighted by molar-refractivity contribution is 5.03. The highest BCUT2D eigenvalue weighted by atomic mass is 14.9. The number of unbranched alkanes of at least 4 members (excludes halogenated alkanes) is 1. The van der Waals surface area contributed by atoms with Crippen LogP contribution in [0.3, 0.4) is 0 Å². The minimum absolute atomic E-state index is 1.19. The number of allylic oxidation sites excluding steroid dienone is 2. The van der Waals surface area contributed by atoms with Crippen molar-refractivity contribution < 1.29 is 0 Å². The van der Waals surface area contributed by atoms with Crippen molar-refractivity contribution in [1.29, 1.82) is 0 Å². The molecule has 9 heavy (non-hydrogen) atoms. The normalized spacial score (nSPS) is 22.6. The highest BCUT2D eigenvalue weighted by Gasteiger charge is 2.02. The smallest absolute Gasteiger partial charge is 0.0147 e. The second kappa shape index (κ2) is 3.54. The lowest BCUT2D eigenvalue weighted by atomic mass is 10.2. The maximum atomic E-state index is 3.35. The van der Waals surface area contributed by atoms with Crippen molar-refractivity contribution in [3.05, 3.63) is 11.8 Å². The second-order valence-corrected chi connectivity index (χ2v) is 2.55. The van der Waals surface area contributed by atoms with Crippen molar-refractivity contribution >= 4 is 0 Å². The van der Waals surface area contributed by atoms with Crippen LogP contribution < -0.4 is 5.32 Å². The van der Waals surface area contributed by atoms with E-state index in [0.29, 0.717) is 0 Å². The summed E-state index contributed by atoms with van der Waals surface area (Å²) >= 11 is 0. The van der Waals surface area contributed by atoms with Gasteiger partial charge in [0.1, 0.15) is 0 Å². The fraction of sp³-hybridized carbons (Fsp3) is 0.750. The molecule has 0 aliphatic carbocycles. The van der Waals surface area contributed by atoms with Gasteiger partial charge in [0.15, 0.2) is 0 Å². The number of nitrogens with one attached hydrogen (secondary N) is 1. The van der Waals surface area contributed by atoms with E-state index in [0.717, 1.165) is 0 Å². The van der Waals surface area contributed by atoms with E-state index in [1.807, 2.05) is 0 Å². The van der Waals surface area contributed by atoms with Gasteiger partial charge in [-0.25, -0.2) is 0 Å². The van der Waals surface area contributed by atoms with Crippen LogP contribution in [-0.2, 0) is 0 Å². The molecule has 1 heterocycles. The fourth-order valence-corrected chi connectivity index (χ4v) is 1.11. The molecule has 0 aromatic carbocycles. The van der Waals surface area contributed by atoms with Gasteiger partial charge >= 0.3 is 0 Å². The van der Waals surface area contributed by atoms with Crippen LogP contribution in [0.4, 0.5) is 0 Å². The van der Waals surface area contributed by atoms with Crippen LogP contribution in [0.25, 0.3) is 0 Å². The standard InChI is InChI=1S/C8H15N/c1-2-3-5-8-6-4-7-9-8/h5,9H,2-4,6-7H2,1H3/b8-5-. The SMILES string of the molecule is CCC/C=C1/CCCN1. The Hall–Kier alpha value is -0.460. The van der Waals surface area contributed by atoms with E-state index < -0.39 is 0 Å². The van der Waals surface area contributed by atoms with Crippen molar-refractivity contribution in [3.8, 4) is 0 Å². The first-order valence-corrected chi connectivity index (χ1v) is 3.86. The minimum atomic E-state index is 1.19. The summed E-state index contributed by atoms with van der Waals surface area (Å²) < 4.78 is 0. The molecule has 1 fully saturated rings. The third-order valence-corrected chi connectivity index (χ3v) is 1.65. The van der Waals surface area contributed by atoms with E-state index in [1.54, 1.807) is 0 Å². The predicted molar refractivity (Wildman–Crippen MR) is 40.2 cm³/mol. The highest BCUT2D eigenvalue weighted by Crippen LogP contribution is 2.09. The molecule has 1 aliphatic rings. The Morgan fingerprint density at radius 1 is 1.67 bits per heavy atom. The van der Waals surface area contributed by atoms with E-state index in [1.165, 1.54) is 37.9 Å². The van der Waals surface area contributed by atoms with Gasteiger partial charge < -0.3 is 5.32 Å². The van der Waals surface area contributed by atoms with Gasteiger partial charge in [-0.15, -0.1) is 0 Å². The largest absolute Gasteiger partial charge is 0.389 e. The Labute approximate surface area is 57.1 Å². The topological polar surface area (TPSA) is 12.0 Å². The molecule has 1 rings (SSSR count). The van der Waals surface area contributed by atoms with Gasteiger partial charge in [-0.2, -0.15) is 0 Å². The third kappa shape index (κ3) is 2.08. The number of hydrogen-bond acceptors (Lipinski definition) is 1. The molecule has 0 aromatic heterocycles.